The average Bonchev–Trinajstić information content (AvgIpc) is 3.06. The summed E-state index contributed by atoms with van der Waals surface area (Å²) in [5.41, 5.74) is 0.882. The summed E-state index contributed by atoms with van der Waals surface area (Å²) in [7, 11) is 0. The second-order valence-corrected chi connectivity index (χ2v) is 5.56. The number of nitrogens with zero attached hydrogens (tertiary/aromatic N) is 2. The van der Waals surface area contributed by atoms with Gasteiger partial charge in [-0.05, 0) is 45.8 Å². The molecule has 0 aromatic carbocycles. The molecule has 122 valence electrons. The lowest BCUT2D eigenvalue weighted by molar-refractivity contribution is 0.226. The summed E-state index contributed by atoms with van der Waals surface area (Å²) in [6.45, 7) is 7.97. The number of carbonyl (C=O) groups excluding carboxylic acids is 1. The number of carbonyl (C=O) groups is 1. The fourth-order valence-corrected chi connectivity index (χ4v) is 2.62. The monoisotopic (exact) mass is 306 g/mol. The molecular formula is C16H26N4O2. The molecule has 6 nitrogen and oxygen atoms in total. The van der Waals surface area contributed by atoms with E-state index in [1.807, 2.05) is 19.1 Å². The quantitative estimate of drug-likeness (QED) is 0.805. The minimum absolute atomic E-state index is 0.155. The molecule has 1 aromatic rings. The van der Waals surface area contributed by atoms with E-state index in [2.05, 4.69) is 27.4 Å². The highest BCUT2D eigenvalue weighted by Crippen LogP contribution is 2.13. The molecule has 0 spiro atoms. The van der Waals surface area contributed by atoms with Gasteiger partial charge in [0.1, 0.15) is 0 Å². The third-order valence-electron chi connectivity index (χ3n) is 3.89. The highest BCUT2D eigenvalue weighted by atomic mass is 16.5. The van der Waals surface area contributed by atoms with Crippen molar-refractivity contribution >= 4 is 6.03 Å². The molecule has 0 unspecified atom stereocenters. The molecule has 1 aliphatic heterocycles. The summed E-state index contributed by atoms with van der Waals surface area (Å²) >= 11 is 0. The lowest BCUT2D eigenvalue weighted by Gasteiger charge is -2.23. The van der Waals surface area contributed by atoms with E-state index in [-0.39, 0.29) is 6.03 Å². The highest BCUT2D eigenvalue weighted by molar-refractivity contribution is 5.73. The Hall–Kier alpha value is -1.82. The third kappa shape index (κ3) is 4.87. The predicted molar refractivity (Wildman–Crippen MR) is 85.9 cm³/mol. The minimum Gasteiger partial charge on any atom is -0.478 e. The lowest BCUT2D eigenvalue weighted by Crippen LogP contribution is -2.44. The number of urea groups is 1. The van der Waals surface area contributed by atoms with Crippen LogP contribution in [0.1, 0.15) is 32.3 Å². The van der Waals surface area contributed by atoms with Crippen LogP contribution < -0.4 is 15.4 Å². The summed E-state index contributed by atoms with van der Waals surface area (Å²) in [6, 6.07) is 3.97. The van der Waals surface area contributed by atoms with Gasteiger partial charge in [-0.3, -0.25) is 4.90 Å². The molecule has 1 aromatic heterocycles. The maximum Gasteiger partial charge on any atom is 0.315 e. The van der Waals surface area contributed by atoms with Gasteiger partial charge in [0.2, 0.25) is 5.88 Å². The van der Waals surface area contributed by atoms with Crippen LogP contribution in [0.15, 0.2) is 18.3 Å². The standard InChI is InChI=1S/C16H26N4O2/c1-3-22-15-14(7-6-8-17-15)12-19-16(21)18-11-13(2)20-9-4-5-10-20/h6-8,13H,3-5,9-12H2,1-2H3,(H2,18,19,21)/t13-/m0/s1. The number of hydrogen-bond donors (Lipinski definition) is 2. The molecular weight excluding hydrogens is 280 g/mol. The van der Waals surface area contributed by atoms with Crippen molar-refractivity contribution in [1.82, 2.24) is 20.5 Å². The third-order valence-corrected chi connectivity index (χ3v) is 3.89. The molecule has 1 aliphatic rings. The molecule has 2 N–H and O–H groups in total. The van der Waals surface area contributed by atoms with Gasteiger partial charge in [-0.15, -0.1) is 0 Å². The molecule has 2 heterocycles. The number of likely N-dealkylation sites (tertiary alicyclic amines) is 1. The van der Waals surface area contributed by atoms with Crippen LogP contribution in [0.4, 0.5) is 4.79 Å². The zero-order valence-electron chi connectivity index (χ0n) is 13.5. The number of rotatable bonds is 7. The molecule has 2 rings (SSSR count). The van der Waals surface area contributed by atoms with Crippen molar-refractivity contribution in [3.63, 3.8) is 0 Å². The first kappa shape index (κ1) is 16.5. The largest absolute Gasteiger partial charge is 0.478 e. The fraction of sp³-hybridized carbons (Fsp3) is 0.625. The van der Waals surface area contributed by atoms with Crippen LogP contribution in [0.2, 0.25) is 0 Å². The smallest absolute Gasteiger partial charge is 0.315 e. The molecule has 1 saturated heterocycles. The van der Waals surface area contributed by atoms with Gasteiger partial charge in [0.05, 0.1) is 6.61 Å². The van der Waals surface area contributed by atoms with E-state index in [1.165, 1.54) is 12.8 Å². The van der Waals surface area contributed by atoms with Crippen molar-refractivity contribution in [2.24, 2.45) is 0 Å². The Morgan fingerprint density at radius 3 is 2.91 bits per heavy atom. The van der Waals surface area contributed by atoms with E-state index < -0.39 is 0 Å². The molecule has 1 atom stereocenters. The Morgan fingerprint density at radius 2 is 2.18 bits per heavy atom. The van der Waals surface area contributed by atoms with Crippen LogP contribution in [0.3, 0.4) is 0 Å². The van der Waals surface area contributed by atoms with Crippen LogP contribution >= 0.6 is 0 Å². The second-order valence-electron chi connectivity index (χ2n) is 5.56. The van der Waals surface area contributed by atoms with Crippen LogP contribution in [-0.4, -0.2) is 48.2 Å². The molecule has 0 aliphatic carbocycles. The van der Waals surface area contributed by atoms with E-state index in [4.69, 9.17) is 4.74 Å². The molecule has 2 amide bonds. The van der Waals surface area contributed by atoms with Gasteiger partial charge < -0.3 is 15.4 Å². The maximum absolute atomic E-state index is 11.9. The summed E-state index contributed by atoms with van der Waals surface area (Å²) in [4.78, 5) is 18.5. The SMILES string of the molecule is CCOc1ncccc1CNC(=O)NC[C@H](C)N1CCCC1. The van der Waals surface area contributed by atoms with Crippen LogP contribution in [0.25, 0.3) is 0 Å². The summed E-state index contributed by atoms with van der Waals surface area (Å²) in [6.07, 6.45) is 4.21. The topological polar surface area (TPSA) is 66.5 Å². The first-order valence-corrected chi connectivity index (χ1v) is 8.03. The van der Waals surface area contributed by atoms with E-state index in [0.29, 0.717) is 31.6 Å². The molecule has 0 saturated carbocycles. The van der Waals surface area contributed by atoms with Crippen molar-refractivity contribution in [3.8, 4) is 5.88 Å². The van der Waals surface area contributed by atoms with Gasteiger partial charge in [-0.1, -0.05) is 6.07 Å². The second kappa shape index (κ2) is 8.58. The Kier molecular flexibility index (Phi) is 6.45. The van der Waals surface area contributed by atoms with E-state index in [0.717, 1.165) is 18.7 Å². The van der Waals surface area contributed by atoms with Gasteiger partial charge in [-0.2, -0.15) is 0 Å². The number of aromatic nitrogens is 1. The van der Waals surface area contributed by atoms with Crippen molar-refractivity contribution < 1.29 is 9.53 Å². The van der Waals surface area contributed by atoms with Crippen LogP contribution in [-0.2, 0) is 6.54 Å². The lowest BCUT2D eigenvalue weighted by atomic mass is 10.2. The number of hydrogen-bond acceptors (Lipinski definition) is 4. The number of nitrogens with one attached hydrogen (secondary N) is 2. The minimum atomic E-state index is -0.155. The molecule has 6 heteroatoms. The highest BCUT2D eigenvalue weighted by Gasteiger charge is 2.18. The molecule has 22 heavy (non-hydrogen) atoms. The van der Waals surface area contributed by atoms with Gasteiger partial charge in [0.25, 0.3) is 0 Å². The Balaban J connectivity index is 1.73. The zero-order valence-corrected chi connectivity index (χ0v) is 13.5. The molecule has 0 bridgehead atoms. The average molecular weight is 306 g/mol. The predicted octanol–water partition coefficient (Wildman–Crippen LogP) is 1.76. The number of amides is 2. The summed E-state index contributed by atoms with van der Waals surface area (Å²) in [5, 5.41) is 5.78. The zero-order chi connectivity index (χ0) is 15.8. The van der Waals surface area contributed by atoms with Gasteiger partial charge >= 0.3 is 6.03 Å². The number of ether oxygens (including phenoxy) is 1. The first-order valence-electron chi connectivity index (χ1n) is 8.03. The van der Waals surface area contributed by atoms with Gasteiger partial charge in [0, 0.05) is 30.9 Å². The van der Waals surface area contributed by atoms with Crippen LogP contribution in [0.5, 0.6) is 5.88 Å². The van der Waals surface area contributed by atoms with Gasteiger partial charge in [-0.25, -0.2) is 9.78 Å². The summed E-state index contributed by atoms with van der Waals surface area (Å²) in [5.74, 6) is 0.579. The van der Waals surface area contributed by atoms with E-state index in [9.17, 15) is 4.79 Å². The van der Waals surface area contributed by atoms with Crippen LogP contribution in [0, 0.1) is 0 Å². The number of pyridine rings is 1. The fourth-order valence-electron chi connectivity index (χ4n) is 2.62. The Morgan fingerprint density at radius 1 is 1.41 bits per heavy atom. The van der Waals surface area contributed by atoms with E-state index in [1.54, 1.807) is 6.20 Å². The van der Waals surface area contributed by atoms with Crippen molar-refractivity contribution in [2.45, 2.75) is 39.3 Å². The first-order chi connectivity index (χ1) is 10.7. The van der Waals surface area contributed by atoms with Crippen molar-refractivity contribution in [1.29, 1.82) is 0 Å². The molecule has 1 fully saturated rings. The molecule has 0 radical (unpaired) electrons. The van der Waals surface area contributed by atoms with Crippen molar-refractivity contribution in [3.05, 3.63) is 23.9 Å². The van der Waals surface area contributed by atoms with E-state index >= 15 is 0 Å². The van der Waals surface area contributed by atoms with Gasteiger partial charge in [0.15, 0.2) is 0 Å². The summed E-state index contributed by atoms with van der Waals surface area (Å²) < 4.78 is 5.45. The van der Waals surface area contributed by atoms with Crippen molar-refractivity contribution in [2.75, 3.05) is 26.2 Å². The maximum atomic E-state index is 11.9. The Labute approximate surface area is 132 Å². The Bertz CT molecular complexity index is 475. The normalized spacial score (nSPS) is 16.3.